The topological polar surface area (TPSA) is 72.5 Å². The van der Waals surface area contributed by atoms with Gasteiger partial charge < -0.3 is 28.1 Å². The summed E-state index contributed by atoms with van der Waals surface area (Å²) in [4.78, 5) is 12.6. The first kappa shape index (κ1) is 29.4. The molecule has 0 aromatic heterocycles. The van der Waals surface area contributed by atoms with Gasteiger partial charge in [-0.05, 0) is 35.3 Å². The first-order valence-corrected chi connectivity index (χ1v) is 16.2. The lowest BCUT2D eigenvalue weighted by Crippen LogP contribution is -2.58. The average Bonchev–Trinajstić information content (AvgIpc) is 2.92. The Hall–Kier alpha value is -2.59. The fraction of sp³-hybridized carbons (Fsp3) is 0.452. The molecule has 2 aliphatic rings. The van der Waals surface area contributed by atoms with E-state index in [1.165, 1.54) is 6.08 Å². The Morgan fingerprint density at radius 2 is 1.77 bits per heavy atom. The standard InChI is InChI=1S/C31H40O7Si/c1-8-18-33-28(32)24-17-13-12-16-23(24)19-34-30-27(38-39(6,7)31(3,4)5)21(2)26-25(36-30)20-35-29(37-26)22-14-10-9-11-15-22/h8-17,25-27,29-30H,1-2,18-20H2,3-7H3/t25-,26+,27+,29-,30+/m1/s1. The molecule has 0 unspecified atom stereocenters. The number of rotatable bonds is 9. The van der Waals surface area contributed by atoms with E-state index in [0.29, 0.717) is 17.7 Å². The molecule has 8 heteroatoms. The number of benzene rings is 2. The third-order valence-corrected chi connectivity index (χ3v) is 12.0. The quantitative estimate of drug-likeness (QED) is 0.204. The Balaban J connectivity index is 1.56. The summed E-state index contributed by atoms with van der Waals surface area (Å²) in [5.74, 6) is -0.432. The van der Waals surface area contributed by atoms with Crippen LogP contribution in [0.5, 0.6) is 0 Å². The second-order valence-corrected chi connectivity index (χ2v) is 16.2. The van der Waals surface area contributed by atoms with Crippen molar-refractivity contribution in [2.45, 2.75) is 76.4 Å². The van der Waals surface area contributed by atoms with Gasteiger partial charge in [0, 0.05) is 5.56 Å². The highest BCUT2D eigenvalue weighted by Crippen LogP contribution is 2.43. The zero-order valence-corrected chi connectivity index (χ0v) is 24.6. The predicted octanol–water partition coefficient (Wildman–Crippen LogP) is 6.33. The van der Waals surface area contributed by atoms with E-state index in [2.05, 4.69) is 47.0 Å². The number of carbonyl (C=O) groups excluding carboxylic acids is 1. The molecule has 0 N–H and O–H groups in total. The zero-order chi connectivity index (χ0) is 28.2. The van der Waals surface area contributed by atoms with Crippen molar-refractivity contribution < 1.29 is 32.9 Å². The molecule has 2 saturated heterocycles. The van der Waals surface area contributed by atoms with E-state index in [-0.39, 0.29) is 18.3 Å². The number of ether oxygens (including phenoxy) is 5. The van der Waals surface area contributed by atoms with E-state index >= 15 is 0 Å². The van der Waals surface area contributed by atoms with Crippen LogP contribution in [0.2, 0.25) is 18.1 Å². The molecule has 2 aliphatic heterocycles. The molecule has 5 atom stereocenters. The van der Waals surface area contributed by atoms with Gasteiger partial charge in [-0.3, -0.25) is 0 Å². The van der Waals surface area contributed by atoms with Crippen LogP contribution in [0.3, 0.4) is 0 Å². The molecule has 0 saturated carbocycles. The third-order valence-electron chi connectivity index (χ3n) is 7.58. The number of fused-ring (bicyclic) bond motifs is 1. The Bertz CT molecular complexity index is 1160. The summed E-state index contributed by atoms with van der Waals surface area (Å²) in [7, 11) is -2.26. The number of carbonyl (C=O) groups is 1. The molecular weight excluding hydrogens is 512 g/mol. The van der Waals surface area contributed by atoms with E-state index in [1.807, 2.05) is 42.5 Å². The molecule has 0 amide bonds. The highest BCUT2D eigenvalue weighted by Gasteiger charge is 2.50. The van der Waals surface area contributed by atoms with Crippen LogP contribution in [0.15, 0.2) is 79.4 Å². The monoisotopic (exact) mass is 552 g/mol. The zero-order valence-electron chi connectivity index (χ0n) is 23.6. The van der Waals surface area contributed by atoms with Crippen LogP contribution in [0.4, 0.5) is 0 Å². The van der Waals surface area contributed by atoms with E-state index in [9.17, 15) is 4.79 Å². The third kappa shape index (κ3) is 6.77. The molecule has 4 rings (SSSR count). The van der Waals surface area contributed by atoms with Gasteiger partial charge in [-0.1, -0.05) is 88.5 Å². The van der Waals surface area contributed by atoms with Gasteiger partial charge in [0.25, 0.3) is 0 Å². The smallest absolute Gasteiger partial charge is 0.338 e. The fourth-order valence-electron chi connectivity index (χ4n) is 4.31. The fourth-order valence-corrected chi connectivity index (χ4v) is 5.56. The van der Waals surface area contributed by atoms with Gasteiger partial charge in [0.1, 0.15) is 24.9 Å². The van der Waals surface area contributed by atoms with E-state index < -0.39 is 45.2 Å². The molecule has 2 aromatic carbocycles. The van der Waals surface area contributed by atoms with Gasteiger partial charge in [-0.25, -0.2) is 4.79 Å². The first-order chi connectivity index (χ1) is 18.5. The van der Waals surface area contributed by atoms with Crippen molar-refractivity contribution in [3.05, 3.63) is 96.1 Å². The van der Waals surface area contributed by atoms with Crippen molar-refractivity contribution in [3.8, 4) is 0 Å². The van der Waals surface area contributed by atoms with Gasteiger partial charge in [0.15, 0.2) is 20.9 Å². The lowest BCUT2D eigenvalue weighted by molar-refractivity contribution is -0.318. The predicted molar refractivity (Wildman–Crippen MR) is 152 cm³/mol. The summed E-state index contributed by atoms with van der Waals surface area (Å²) in [6, 6.07) is 17.0. The maximum absolute atomic E-state index is 12.6. The largest absolute Gasteiger partial charge is 0.458 e. The van der Waals surface area contributed by atoms with Gasteiger partial charge in [-0.15, -0.1) is 0 Å². The minimum Gasteiger partial charge on any atom is -0.458 e. The summed E-state index contributed by atoms with van der Waals surface area (Å²) >= 11 is 0. The summed E-state index contributed by atoms with van der Waals surface area (Å²) in [5.41, 5.74) is 2.82. The van der Waals surface area contributed by atoms with Crippen molar-refractivity contribution in [3.63, 3.8) is 0 Å². The van der Waals surface area contributed by atoms with E-state index in [0.717, 1.165) is 11.1 Å². The van der Waals surface area contributed by atoms with Crippen molar-refractivity contribution in [1.29, 1.82) is 0 Å². The molecule has 0 bridgehead atoms. The molecule has 2 heterocycles. The SMILES string of the molecule is C=CCOC(=O)c1ccccc1CO[C@H]1O[C@@H]2CO[C@@H](c3ccccc3)O[C@H]2C(=C)[C@@H]1O[Si](C)(C)C(C)(C)C. The summed E-state index contributed by atoms with van der Waals surface area (Å²) < 4.78 is 37.3. The summed E-state index contributed by atoms with van der Waals surface area (Å²) in [5, 5.41) is -0.0424. The average molecular weight is 553 g/mol. The van der Waals surface area contributed by atoms with Crippen LogP contribution in [-0.2, 0) is 34.7 Å². The molecule has 39 heavy (non-hydrogen) atoms. The van der Waals surface area contributed by atoms with Crippen LogP contribution in [0, 0.1) is 0 Å². The lowest BCUT2D eigenvalue weighted by atomic mass is 9.96. The van der Waals surface area contributed by atoms with Crippen LogP contribution in [-0.4, -0.2) is 52.1 Å². The molecule has 2 aromatic rings. The normalized spacial score (nSPS) is 25.6. The van der Waals surface area contributed by atoms with Crippen LogP contribution < -0.4 is 0 Å². The molecular formula is C31H40O7Si. The summed E-state index contributed by atoms with van der Waals surface area (Å²) in [6.07, 6.45) is -1.12. The van der Waals surface area contributed by atoms with Gasteiger partial charge in [0.05, 0.1) is 18.8 Å². The molecule has 0 aliphatic carbocycles. The Labute approximate surface area is 232 Å². The van der Waals surface area contributed by atoms with E-state index in [1.54, 1.807) is 12.1 Å². The Kier molecular flexibility index (Phi) is 9.26. The molecule has 7 nitrogen and oxygen atoms in total. The minimum atomic E-state index is -2.26. The molecule has 0 spiro atoms. The van der Waals surface area contributed by atoms with Crippen molar-refractivity contribution in [2.75, 3.05) is 13.2 Å². The minimum absolute atomic E-state index is 0.0424. The van der Waals surface area contributed by atoms with Gasteiger partial charge >= 0.3 is 5.97 Å². The van der Waals surface area contributed by atoms with Crippen molar-refractivity contribution in [1.82, 2.24) is 0 Å². The molecule has 210 valence electrons. The molecule has 2 fully saturated rings. The van der Waals surface area contributed by atoms with Gasteiger partial charge in [-0.2, -0.15) is 0 Å². The number of hydrogen-bond acceptors (Lipinski definition) is 7. The van der Waals surface area contributed by atoms with Crippen molar-refractivity contribution in [2.24, 2.45) is 0 Å². The van der Waals surface area contributed by atoms with Crippen molar-refractivity contribution >= 4 is 14.3 Å². The number of hydrogen-bond donors (Lipinski definition) is 0. The van der Waals surface area contributed by atoms with E-state index in [4.69, 9.17) is 28.1 Å². The number of esters is 1. The maximum Gasteiger partial charge on any atom is 0.338 e. The second kappa shape index (κ2) is 12.3. The highest BCUT2D eigenvalue weighted by atomic mass is 28.4. The highest BCUT2D eigenvalue weighted by molar-refractivity contribution is 6.74. The van der Waals surface area contributed by atoms with Crippen LogP contribution >= 0.6 is 0 Å². The van der Waals surface area contributed by atoms with Crippen LogP contribution in [0.25, 0.3) is 0 Å². The summed E-state index contributed by atoms with van der Waals surface area (Å²) in [6.45, 7) is 19.5. The maximum atomic E-state index is 12.6. The lowest BCUT2D eigenvalue weighted by Gasteiger charge is -2.49. The second-order valence-electron chi connectivity index (χ2n) is 11.4. The van der Waals surface area contributed by atoms with Crippen LogP contribution in [0.1, 0.15) is 48.5 Å². The van der Waals surface area contributed by atoms with Gasteiger partial charge in [0.2, 0.25) is 0 Å². The molecule has 0 radical (unpaired) electrons. The first-order valence-electron chi connectivity index (χ1n) is 13.3. The Morgan fingerprint density at radius 1 is 1.08 bits per heavy atom. The Morgan fingerprint density at radius 3 is 2.46 bits per heavy atom.